The minimum absolute atomic E-state index is 0.00337. The quantitative estimate of drug-likeness (QED) is 0.716. The minimum Gasteiger partial charge on any atom is -0.446 e. The van der Waals surface area contributed by atoms with Crippen molar-refractivity contribution in [2.75, 3.05) is 29.4 Å². The molecule has 3 amide bonds. The van der Waals surface area contributed by atoms with Crippen molar-refractivity contribution in [1.82, 2.24) is 4.90 Å². The number of hydrogen-bond acceptors (Lipinski definition) is 5. The van der Waals surface area contributed by atoms with Gasteiger partial charge in [0.15, 0.2) is 0 Å². The topological polar surface area (TPSA) is 96.2 Å². The number of benzene rings is 2. The molecule has 0 aromatic heterocycles. The van der Waals surface area contributed by atoms with Gasteiger partial charge in [0.05, 0.1) is 23.5 Å². The van der Waals surface area contributed by atoms with Gasteiger partial charge in [-0.2, -0.15) is 0 Å². The van der Waals surface area contributed by atoms with Crippen molar-refractivity contribution >= 4 is 29.3 Å². The van der Waals surface area contributed by atoms with Crippen molar-refractivity contribution in [3.05, 3.63) is 48.0 Å². The monoisotopic (exact) mass is 478 g/mol. The molecule has 2 aromatic rings. The Bertz CT molecular complexity index is 1110. The Morgan fingerprint density at radius 3 is 2.37 bits per heavy atom. The van der Waals surface area contributed by atoms with Gasteiger partial charge in [-0.15, -0.1) is 0 Å². The zero-order chi connectivity index (χ0) is 25.3. The molecule has 2 atom stereocenters. The minimum atomic E-state index is -0.436. The van der Waals surface area contributed by atoms with Crippen LogP contribution in [0.1, 0.15) is 50.9 Å². The average Bonchev–Trinajstić information content (AvgIpc) is 3.31. The Balaban J connectivity index is 1.66. The summed E-state index contributed by atoms with van der Waals surface area (Å²) in [5.41, 5.74) is 9.56. The van der Waals surface area contributed by atoms with E-state index in [1.54, 1.807) is 9.80 Å². The number of carbonyl (C=O) groups excluding carboxylic acids is 3. The lowest BCUT2D eigenvalue weighted by Crippen LogP contribution is -2.51. The molecule has 0 spiro atoms. The molecular weight excluding hydrogens is 444 g/mol. The second-order valence-electron chi connectivity index (χ2n) is 9.59. The highest BCUT2D eigenvalue weighted by Crippen LogP contribution is 2.39. The highest BCUT2D eigenvalue weighted by molar-refractivity contribution is 6.03. The maximum absolute atomic E-state index is 13.0. The molecule has 35 heavy (non-hydrogen) atoms. The fraction of sp³-hybridized carbons (Fsp3) is 0.444. The molecule has 0 aliphatic carbocycles. The van der Waals surface area contributed by atoms with Gasteiger partial charge in [-0.25, -0.2) is 4.79 Å². The van der Waals surface area contributed by atoms with E-state index < -0.39 is 6.09 Å². The number of amides is 3. The Morgan fingerprint density at radius 2 is 1.74 bits per heavy atom. The maximum atomic E-state index is 13.0. The second-order valence-corrected chi connectivity index (χ2v) is 9.59. The first-order valence-electron chi connectivity index (χ1n) is 12.2. The summed E-state index contributed by atoms with van der Waals surface area (Å²) in [7, 11) is 0. The van der Waals surface area contributed by atoms with Gasteiger partial charge in [0, 0.05) is 38.2 Å². The molecule has 0 bridgehead atoms. The van der Waals surface area contributed by atoms with Crippen LogP contribution in [0.2, 0.25) is 0 Å². The van der Waals surface area contributed by atoms with Gasteiger partial charge in [-0.3, -0.25) is 14.5 Å². The number of nitrogens with zero attached hydrogens (tertiary/aromatic N) is 3. The number of nitrogens with two attached hydrogens (primary N) is 1. The molecule has 186 valence electrons. The molecule has 0 radical (unpaired) electrons. The summed E-state index contributed by atoms with van der Waals surface area (Å²) in [5.74, 6) is -0.0763. The largest absolute Gasteiger partial charge is 0.446 e. The molecule has 2 unspecified atom stereocenters. The summed E-state index contributed by atoms with van der Waals surface area (Å²) in [6.07, 6.45) is 1.23. The summed E-state index contributed by atoms with van der Waals surface area (Å²) in [6.45, 7) is 8.62. The molecule has 2 N–H and O–H groups in total. The molecule has 2 aromatic carbocycles. The van der Waals surface area contributed by atoms with Crippen LogP contribution in [-0.2, 0) is 9.53 Å². The van der Waals surface area contributed by atoms with Crippen LogP contribution in [0.25, 0.3) is 11.1 Å². The first kappa shape index (κ1) is 24.7. The number of fused-ring (bicyclic) bond motifs is 1. The summed E-state index contributed by atoms with van der Waals surface area (Å²) in [5, 5.41) is 0. The van der Waals surface area contributed by atoms with Gasteiger partial charge in [0.1, 0.15) is 0 Å². The van der Waals surface area contributed by atoms with E-state index in [9.17, 15) is 14.4 Å². The number of likely N-dealkylation sites (tertiary alicyclic amines) is 1. The van der Waals surface area contributed by atoms with Gasteiger partial charge in [0.25, 0.3) is 5.91 Å². The van der Waals surface area contributed by atoms with Crippen LogP contribution >= 0.6 is 0 Å². The van der Waals surface area contributed by atoms with Gasteiger partial charge in [-0.1, -0.05) is 18.2 Å². The summed E-state index contributed by atoms with van der Waals surface area (Å²) < 4.78 is 5.48. The van der Waals surface area contributed by atoms with E-state index >= 15 is 0 Å². The average molecular weight is 479 g/mol. The van der Waals surface area contributed by atoms with Crippen molar-refractivity contribution < 1.29 is 19.1 Å². The zero-order valence-electron chi connectivity index (χ0n) is 20.9. The molecule has 8 heteroatoms. The van der Waals surface area contributed by atoms with Crippen LogP contribution < -0.4 is 15.5 Å². The first-order valence-corrected chi connectivity index (χ1v) is 12.2. The molecule has 2 aliphatic rings. The van der Waals surface area contributed by atoms with E-state index in [4.69, 9.17) is 10.5 Å². The van der Waals surface area contributed by atoms with E-state index in [-0.39, 0.29) is 30.0 Å². The Labute approximate surface area is 206 Å². The number of ether oxygens (including phenoxy) is 1. The van der Waals surface area contributed by atoms with E-state index in [0.717, 1.165) is 30.5 Å². The van der Waals surface area contributed by atoms with Crippen LogP contribution in [0.4, 0.5) is 16.2 Å². The van der Waals surface area contributed by atoms with Crippen LogP contribution in [-0.4, -0.2) is 60.6 Å². The SMILES string of the molecule is CC(=O)N1c2ccc(-c3ccc(C(=O)N4CCCC4CN)cc3)cc2N(C(=O)OC(C)C)CC1C. The molecule has 2 aliphatic heterocycles. The summed E-state index contributed by atoms with van der Waals surface area (Å²) >= 11 is 0. The van der Waals surface area contributed by atoms with Crippen molar-refractivity contribution in [2.24, 2.45) is 5.73 Å². The molecule has 1 saturated heterocycles. The predicted octanol–water partition coefficient (Wildman–Crippen LogP) is 4.02. The van der Waals surface area contributed by atoms with Crippen LogP contribution in [0, 0.1) is 0 Å². The zero-order valence-corrected chi connectivity index (χ0v) is 20.9. The van der Waals surface area contributed by atoms with Gasteiger partial charge < -0.3 is 20.3 Å². The molecule has 2 heterocycles. The second kappa shape index (κ2) is 10.1. The molecule has 1 fully saturated rings. The normalized spacial score (nSPS) is 19.7. The third-order valence-electron chi connectivity index (χ3n) is 6.68. The summed E-state index contributed by atoms with van der Waals surface area (Å²) in [4.78, 5) is 43.4. The fourth-order valence-corrected chi connectivity index (χ4v) is 5.04. The van der Waals surface area contributed by atoms with E-state index in [1.807, 2.05) is 68.1 Å². The number of rotatable bonds is 4. The van der Waals surface area contributed by atoms with Crippen molar-refractivity contribution in [3.63, 3.8) is 0 Å². The molecular formula is C27H34N4O4. The van der Waals surface area contributed by atoms with Crippen LogP contribution in [0.3, 0.4) is 0 Å². The third kappa shape index (κ3) is 4.89. The predicted molar refractivity (Wildman–Crippen MR) is 137 cm³/mol. The maximum Gasteiger partial charge on any atom is 0.414 e. The number of anilines is 2. The highest BCUT2D eigenvalue weighted by atomic mass is 16.6. The summed E-state index contributed by atoms with van der Waals surface area (Å²) in [6, 6.07) is 13.1. The lowest BCUT2D eigenvalue weighted by Gasteiger charge is -2.40. The third-order valence-corrected chi connectivity index (χ3v) is 6.68. The number of carbonyl (C=O) groups is 3. The van der Waals surface area contributed by atoms with Gasteiger partial charge in [0.2, 0.25) is 5.91 Å². The molecule has 8 nitrogen and oxygen atoms in total. The fourth-order valence-electron chi connectivity index (χ4n) is 5.04. The Hall–Kier alpha value is -3.39. The smallest absolute Gasteiger partial charge is 0.414 e. The van der Waals surface area contributed by atoms with Gasteiger partial charge >= 0.3 is 6.09 Å². The van der Waals surface area contributed by atoms with Crippen molar-refractivity contribution in [3.8, 4) is 11.1 Å². The highest BCUT2D eigenvalue weighted by Gasteiger charge is 2.35. The lowest BCUT2D eigenvalue weighted by molar-refractivity contribution is -0.117. The standard InChI is InChI=1S/C27H34N4O4/c1-17(2)35-27(34)30-16-18(3)31(19(4)32)24-12-11-22(14-25(24)30)20-7-9-21(10-8-20)26(33)29-13-5-6-23(29)15-28/h7-12,14,17-18,23H,5-6,13,15-16,28H2,1-4H3. The Kier molecular flexibility index (Phi) is 7.12. The van der Waals surface area contributed by atoms with E-state index in [0.29, 0.717) is 30.0 Å². The lowest BCUT2D eigenvalue weighted by atomic mass is 9.99. The van der Waals surface area contributed by atoms with Crippen LogP contribution in [0.5, 0.6) is 0 Å². The molecule has 4 rings (SSSR count). The van der Waals surface area contributed by atoms with Crippen molar-refractivity contribution in [1.29, 1.82) is 0 Å². The molecule has 0 saturated carbocycles. The van der Waals surface area contributed by atoms with Crippen molar-refractivity contribution in [2.45, 2.75) is 58.7 Å². The number of hydrogen-bond donors (Lipinski definition) is 1. The first-order chi connectivity index (χ1) is 16.7. The van der Waals surface area contributed by atoms with E-state index in [1.165, 1.54) is 6.92 Å². The van der Waals surface area contributed by atoms with Crippen LogP contribution in [0.15, 0.2) is 42.5 Å². The van der Waals surface area contributed by atoms with E-state index in [2.05, 4.69) is 0 Å². The van der Waals surface area contributed by atoms with Gasteiger partial charge in [-0.05, 0) is 69.0 Å². The Morgan fingerprint density at radius 1 is 1.06 bits per heavy atom.